The predicted octanol–water partition coefficient (Wildman–Crippen LogP) is 3.74. The second kappa shape index (κ2) is 7.29. The van der Waals surface area contributed by atoms with Crippen LogP contribution in [-0.4, -0.2) is 36.2 Å². The van der Waals surface area contributed by atoms with Crippen molar-refractivity contribution in [3.05, 3.63) is 34.9 Å². The molecule has 1 saturated heterocycles. The van der Waals surface area contributed by atoms with Crippen LogP contribution in [0.3, 0.4) is 0 Å². The summed E-state index contributed by atoms with van der Waals surface area (Å²) in [6, 6.07) is 8.30. The van der Waals surface area contributed by atoms with E-state index < -0.39 is 0 Å². The summed E-state index contributed by atoms with van der Waals surface area (Å²) >= 11 is 6.14. The fourth-order valence-electron chi connectivity index (χ4n) is 3.82. The molecular weight excluding hydrogens is 335 g/mol. The van der Waals surface area contributed by atoms with Crippen molar-refractivity contribution >= 4 is 30.1 Å². The molecule has 6 heteroatoms. The van der Waals surface area contributed by atoms with Crippen LogP contribution in [0.5, 0.6) is 0 Å². The molecule has 2 aliphatic rings. The number of carbonyl (C=O) groups is 1. The van der Waals surface area contributed by atoms with Gasteiger partial charge in [-0.15, -0.1) is 12.4 Å². The third kappa shape index (κ3) is 3.59. The molecule has 3 rings (SSSR count). The van der Waals surface area contributed by atoms with E-state index in [4.69, 9.17) is 22.1 Å². The normalized spacial score (nSPS) is 30.7. The summed E-state index contributed by atoms with van der Waals surface area (Å²) in [4.78, 5) is 13.8. The van der Waals surface area contributed by atoms with Crippen LogP contribution in [0.25, 0.3) is 0 Å². The molecule has 128 valence electrons. The number of rotatable bonds is 3. The summed E-state index contributed by atoms with van der Waals surface area (Å²) in [6.07, 6.45) is 3.72. The summed E-state index contributed by atoms with van der Waals surface area (Å²) in [5.74, 6) is 0. The highest BCUT2D eigenvalue weighted by Gasteiger charge is 2.41. The maximum Gasteiger partial charge on any atom is 0.410 e. The summed E-state index contributed by atoms with van der Waals surface area (Å²) in [6.45, 7) is 3.26. The third-order valence-corrected chi connectivity index (χ3v) is 5.41. The van der Waals surface area contributed by atoms with E-state index in [1.54, 1.807) is 0 Å². The highest BCUT2D eigenvalue weighted by molar-refractivity contribution is 6.30. The van der Waals surface area contributed by atoms with Crippen LogP contribution < -0.4 is 5.73 Å². The Morgan fingerprint density at radius 1 is 1.39 bits per heavy atom. The summed E-state index contributed by atoms with van der Waals surface area (Å²) in [7, 11) is 0. The van der Waals surface area contributed by atoms with E-state index in [2.05, 4.69) is 6.07 Å². The zero-order valence-electron chi connectivity index (χ0n) is 13.3. The van der Waals surface area contributed by atoms with Crippen molar-refractivity contribution in [1.82, 2.24) is 4.90 Å². The first-order valence-corrected chi connectivity index (χ1v) is 8.35. The van der Waals surface area contributed by atoms with Crippen LogP contribution in [0.15, 0.2) is 24.3 Å². The van der Waals surface area contributed by atoms with Crippen LogP contribution in [0.1, 0.15) is 38.2 Å². The van der Waals surface area contributed by atoms with E-state index in [1.807, 2.05) is 30.0 Å². The van der Waals surface area contributed by atoms with Gasteiger partial charge < -0.3 is 15.4 Å². The summed E-state index contributed by atoms with van der Waals surface area (Å²) < 4.78 is 5.25. The molecule has 1 aliphatic heterocycles. The van der Waals surface area contributed by atoms with Gasteiger partial charge in [-0.3, -0.25) is 0 Å². The Balaban J connectivity index is 0.00000192. The summed E-state index contributed by atoms with van der Waals surface area (Å²) in [5, 5.41) is 0.754. The van der Waals surface area contributed by atoms with Crippen molar-refractivity contribution in [2.24, 2.45) is 5.73 Å². The largest absolute Gasteiger partial charge is 0.444 e. The Morgan fingerprint density at radius 3 is 2.61 bits per heavy atom. The van der Waals surface area contributed by atoms with E-state index in [0.29, 0.717) is 13.1 Å². The molecule has 0 aromatic heterocycles. The molecule has 1 atom stereocenters. The molecular formula is C17H24Cl2N2O2. The SMILES string of the molecule is C[C@@H]1CN([C@H]2CC[C@](CN)(c3cccc(Cl)c3)CC2)C(=O)O1.Cl. The number of benzene rings is 1. The lowest BCUT2D eigenvalue weighted by atomic mass is 9.68. The Hall–Kier alpha value is -0.970. The number of cyclic esters (lactones) is 1. The molecule has 1 aliphatic carbocycles. The van der Waals surface area contributed by atoms with Crippen molar-refractivity contribution in [3.8, 4) is 0 Å². The molecule has 23 heavy (non-hydrogen) atoms. The zero-order chi connectivity index (χ0) is 15.7. The Morgan fingerprint density at radius 2 is 2.09 bits per heavy atom. The van der Waals surface area contributed by atoms with Gasteiger partial charge in [-0.25, -0.2) is 4.79 Å². The molecule has 0 unspecified atom stereocenters. The van der Waals surface area contributed by atoms with Crippen LogP contribution in [0.2, 0.25) is 5.02 Å². The lowest BCUT2D eigenvalue weighted by molar-refractivity contribution is 0.120. The van der Waals surface area contributed by atoms with Gasteiger partial charge in [0.15, 0.2) is 0 Å². The van der Waals surface area contributed by atoms with Crippen molar-refractivity contribution in [2.45, 2.75) is 50.2 Å². The molecule has 0 spiro atoms. The second-order valence-electron chi connectivity index (χ2n) is 6.57. The number of carbonyl (C=O) groups excluding carboxylic acids is 1. The van der Waals surface area contributed by atoms with E-state index in [-0.39, 0.29) is 36.1 Å². The maximum absolute atomic E-state index is 11.9. The minimum Gasteiger partial charge on any atom is -0.444 e. The lowest BCUT2D eigenvalue weighted by Crippen LogP contribution is -2.46. The summed E-state index contributed by atoms with van der Waals surface area (Å²) in [5.41, 5.74) is 7.32. The molecule has 1 amide bonds. The van der Waals surface area contributed by atoms with Crippen LogP contribution in [-0.2, 0) is 10.2 Å². The second-order valence-corrected chi connectivity index (χ2v) is 7.01. The fourth-order valence-corrected chi connectivity index (χ4v) is 4.01. The van der Waals surface area contributed by atoms with E-state index in [9.17, 15) is 4.79 Å². The molecule has 1 heterocycles. The molecule has 2 N–H and O–H groups in total. The van der Waals surface area contributed by atoms with Crippen LogP contribution >= 0.6 is 24.0 Å². The lowest BCUT2D eigenvalue weighted by Gasteiger charge is -2.42. The smallest absolute Gasteiger partial charge is 0.410 e. The van der Waals surface area contributed by atoms with Gasteiger partial charge in [0.1, 0.15) is 6.10 Å². The third-order valence-electron chi connectivity index (χ3n) is 5.17. The topological polar surface area (TPSA) is 55.6 Å². The molecule has 0 bridgehead atoms. The van der Waals surface area contributed by atoms with Gasteiger partial charge in [0.25, 0.3) is 0 Å². The Kier molecular flexibility index (Phi) is 5.82. The standard InChI is InChI=1S/C17H23ClN2O2.ClH/c1-12-10-20(16(21)22-12)15-5-7-17(11-19,8-6-15)13-3-2-4-14(18)9-13;/h2-4,9,12,15H,5-8,10-11,19H2,1H3;1H/t12-,15-,17-;/m1./s1. The molecule has 1 saturated carbocycles. The van der Waals surface area contributed by atoms with Crippen LogP contribution in [0.4, 0.5) is 4.79 Å². The molecule has 4 nitrogen and oxygen atoms in total. The Labute approximate surface area is 148 Å². The van der Waals surface area contributed by atoms with Gasteiger partial charge >= 0.3 is 6.09 Å². The van der Waals surface area contributed by atoms with Crippen molar-refractivity contribution < 1.29 is 9.53 Å². The minimum atomic E-state index is -0.166. The van der Waals surface area contributed by atoms with Gasteiger partial charge in [0.2, 0.25) is 0 Å². The first-order chi connectivity index (χ1) is 10.5. The van der Waals surface area contributed by atoms with Gasteiger partial charge in [0.05, 0.1) is 6.54 Å². The average molecular weight is 359 g/mol. The number of ether oxygens (including phenoxy) is 1. The molecule has 1 aromatic carbocycles. The average Bonchev–Trinajstić information content (AvgIpc) is 2.86. The number of amides is 1. The molecule has 2 fully saturated rings. The number of halogens is 2. The maximum atomic E-state index is 11.9. The molecule has 1 aromatic rings. The predicted molar refractivity (Wildman–Crippen MR) is 94.3 cm³/mol. The van der Waals surface area contributed by atoms with Crippen molar-refractivity contribution in [1.29, 1.82) is 0 Å². The Bertz CT molecular complexity index is 559. The van der Waals surface area contributed by atoms with E-state index in [1.165, 1.54) is 5.56 Å². The quantitative estimate of drug-likeness (QED) is 0.895. The zero-order valence-corrected chi connectivity index (χ0v) is 14.9. The van der Waals surface area contributed by atoms with E-state index in [0.717, 1.165) is 30.7 Å². The van der Waals surface area contributed by atoms with Gasteiger partial charge in [-0.2, -0.15) is 0 Å². The van der Waals surface area contributed by atoms with Crippen LogP contribution in [0, 0.1) is 0 Å². The monoisotopic (exact) mass is 358 g/mol. The van der Waals surface area contributed by atoms with Gasteiger partial charge in [-0.1, -0.05) is 23.7 Å². The fraction of sp³-hybridized carbons (Fsp3) is 0.588. The first kappa shape index (κ1) is 18.4. The number of nitrogens with zero attached hydrogens (tertiary/aromatic N) is 1. The molecule has 0 radical (unpaired) electrons. The number of hydrogen-bond acceptors (Lipinski definition) is 3. The highest BCUT2D eigenvalue weighted by Crippen LogP contribution is 2.41. The highest BCUT2D eigenvalue weighted by atomic mass is 35.5. The van der Waals surface area contributed by atoms with Gasteiger partial charge in [-0.05, 0) is 50.3 Å². The number of nitrogens with two attached hydrogens (primary N) is 1. The number of hydrogen-bond donors (Lipinski definition) is 1. The van der Waals surface area contributed by atoms with Gasteiger partial charge in [0, 0.05) is 23.0 Å². The minimum absolute atomic E-state index is 0. The van der Waals surface area contributed by atoms with Crippen molar-refractivity contribution in [3.63, 3.8) is 0 Å². The van der Waals surface area contributed by atoms with E-state index >= 15 is 0 Å². The first-order valence-electron chi connectivity index (χ1n) is 7.97. The van der Waals surface area contributed by atoms with Crippen molar-refractivity contribution in [2.75, 3.05) is 13.1 Å².